The summed E-state index contributed by atoms with van der Waals surface area (Å²) in [6.45, 7) is 1.98. The van der Waals surface area contributed by atoms with Gasteiger partial charge < -0.3 is 18.9 Å². The molecule has 0 N–H and O–H groups in total. The van der Waals surface area contributed by atoms with Crippen molar-refractivity contribution in [2.24, 2.45) is 0 Å². The van der Waals surface area contributed by atoms with Crippen LogP contribution in [0.3, 0.4) is 0 Å². The van der Waals surface area contributed by atoms with E-state index in [9.17, 15) is 4.79 Å². The SMILES string of the molecule is O=C(OCc1ccccc1)N1CC=C[C@@H](OCc2ccccc2)[C@H](OCc2ccccc2)[C@H]1COCc1ccccc1. The number of nitrogens with zero attached hydrogens (tertiary/aromatic N) is 1. The zero-order chi connectivity index (χ0) is 28.8. The van der Waals surface area contributed by atoms with E-state index in [0.717, 1.165) is 22.3 Å². The van der Waals surface area contributed by atoms with Gasteiger partial charge in [-0.15, -0.1) is 0 Å². The molecule has 42 heavy (non-hydrogen) atoms. The van der Waals surface area contributed by atoms with E-state index in [0.29, 0.717) is 26.4 Å². The maximum atomic E-state index is 13.6. The highest BCUT2D eigenvalue weighted by Crippen LogP contribution is 2.24. The molecule has 0 radical (unpaired) electrons. The molecule has 3 atom stereocenters. The van der Waals surface area contributed by atoms with Crippen LogP contribution in [0.5, 0.6) is 0 Å². The third kappa shape index (κ3) is 8.63. The quantitative estimate of drug-likeness (QED) is 0.175. The van der Waals surface area contributed by atoms with E-state index >= 15 is 0 Å². The number of amides is 1. The summed E-state index contributed by atoms with van der Waals surface area (Å²) in [5.41, 5.74) is 4.08. The van der Waals surface area contributed by atoms with Gasteiger partial charge in [0.2, 0.25) is 0 Å². The van der Waals surface area contributed by atoms with E-state index in [4.69, 9.17) is 18.9 Å². The molecule has 0 aromatic heterocycles. The zero-order valence-corrected chi connectivity index (χ0v) is 23.7. The van der Waals surface area contributed by atoms with Crippen LogP contribution in [0, 0.1) is 0 Å². The second-order valence-electron chi connectivity index (χ2n) is 10.2. The van der Waals surface area contributed by atoms with Crippen LogP contribution in [0.25, 0.3) is 0 Å². The molecule has 0 fully saturated rings. The predicted molar refractivity (Wildman–Crippen MR) is 162 cm³/mol. The van der Waals surface area contributed by atoms with Crippen molar-refractivity contribution in [1.82, 2.24) is 4.90 Å². The Kier molecular flexibility index (Phi) is 10.9. The minimum absolute atomic E-state index is 0.182. The molecule has 1 aliphatic heterocycles. The van der Waals surface area contributed by atoms with Gasteiger partial charge in [-0.1, -0.05) is 133 Å². The highest BCUT2D eigenvalue weighted by atomic mass is 16.6. The largest absolute Gasteiger partial charge is 0.445 e. The van der Waals surface area contributed by atoms with Gasteiger partial charge in [0.25, 0.3) is 0 Å². The van der Waals surface area contributed by atoms with E-state index in [-0.39, 0.29) is 13.2 Å². The van der Waals surface area contributed by atoms with Gasteiger partial charge in [0.15, 0.2) is 0 Å². The Morgan fingerprint density at radius 1 is 0.619 bits per heavy atom. The van der Waals surface area contributed by atoms with Crippen LogP contribution in [0.4, 0.5) is 4.79 Å². The van der Waals surface area contributed by atoms with Crippen LogP contribution < -0.4 is 0 Å². The Labute approximate surface area is 248 Å². The van der Waals surface area contributed by atoms with Crippen molar-refractivity contribution in [3.63, 3.8) is 0 Å². The monoisotopic (exact) mass is 563 g/mol. The molecular formula is C36H37NO5. The summed E-state index contributed by atoms with van der Waals surface area (Å²) in [5, 5.41) is 0. The summed E-state index contributed by atoms with van der Waals surface area (Å²) in [6, 6.07) is 39.3. The van der Waals surface area contributed by atoms with Crippen molar-refractivity contribution in [3.8, 4) is 0 Å². The van der Waals surface area contributed by atoms with Crippen molar-refractivity contribution >= 4 is 6.09 Å². The van der Waals surface area contributed by atoms with E-state index in [1.54, 1.807) is 4.90 Å². The smallest absolute Gasteiger partial charge is 0.410 e. The Hall–Kier alpha value is -4.23. The Balaban J connectivity index is 1.38. The number of rotatable bonds is 12. The van der Waals surface area contributed by atoms with Gasteiger partial charge in [-0.25, -0.2) is 4.79 Å². The lowest BCUT2D eigenvalue weighted by molar-refractivity contribution is -0.109. The van der Waals surface area contributed by atoms with E-state index in [2.05, 4.69) is 0 Å². The van der Waals surface area contributed by atoms with E-state index in [1.165, 1.54) is 0 Å². The molecule has 0 unspecified atom stereocenters. The second-order valence-corrected chi connectivity index (χ2v) is 10.2. The lowest BCUT2D eigenvalue weighted by atomic mass is 10.0. The number of hydrogen-bond donors (Lipinski definition) is 0. The molecule has 6 nitrogen and oxygen atoms in total. The highest BCUT2D eigenvalue weighted by molar-refractivity contribution is 5.68. The maximum Gasteiger partial charge on any atom is 0.410 e. The third-order valence-corrected chi connectivity index (χ3v) is 7.14. The minimum atomic E-state index is -0.507. The van der Waals surface area contributed by atoms with Gasteiger partial charge in [0, 0.05) is 6.54 Å². The average Bonchev–Trinajstić information content (AvgIpc) is 3.22. The van der Waals surface area contributed by atoms with Crippen LogP contribution in [0.1, 0.15) is 22.3 Å². The molecule has 0 saturated heterocycles. The zero-order valence-electron chi connectivity index (χ0n) is 23.7. The van der Waals surface area contributed by atoms with Crippen molar-refractivity contribution in [2.45, 2.75) is 44.7 Å². The lowest BCUT2D eigenvalue weighted by Crippen LogP contribution is -2.53. The van der Waals surface area contributed by atoms with Crippen molar-refractivity contribution in [2.75, 3.05) is 13.2 Å². The predicted octanol–water partition coefficient (Wildman–Crippen LogP) is 6.95. The molecule has 6 heteroatoms. The van der Waals surface area contributed by atoms with Gasteiger partial charge >= 0.3 is 6.09 Å². The summed E-state index contributed by atoms with van der Waals surface area (Å²) in [5.74, 6) is 0. The van der Waals surface area contributed by atoms with Crippen LogP contribution >= 0.6 is 0 Å². The third-order valence-electron chi connectivity index (χ3n) is 7.14. The summed E-state index contributed by atoms with van der Waals surface area (Å²) >= 11 is 0. The van der Waals surface area contributed by atoms with E-state index < -0.39 is 24.3 Å². The first kappa shape index (κ1) is 29.3. The Morgan fingerprint density at radius 2 is 1.10 bits per heavy atom. The van der Waals surface area contributed by atoms with Crippen LogP contribution in [-0.4, -0.2) is 42.4 Å². The number of benzene rings is 4. The Bertz CT molecular complexity index is 1370. The van der Waals surface area contributed by atoms with Crippen LogP contribution in [0.2, 0.25) is 0 Å². The molecule has 0 bridgehead atoms. The normalized spacial score (nSPS) is 18.4. The minimum Gasteiger partial charge on any atom is -0.445 e. The van der Waals surface area contributed by atoms with Gasteiger partial charge in [0.1, 0.15) is 18.8 Å². The van der Waals surface area contributed by atoms with E-state index in [1.807, 2.05) is 133 Å². The molecule has 1 aliphatic rings. The van der Waals surface area contributed by atoms with Gasteiger partial charge in [-0.2, -0.15) is 0 Å². The molecule has 5 rings (SSSR count). The fraction of sp³-hybridized carbons (Fsp3) is 0.250. The summed E-state index contributed by atoms with van der Waals surface area (Å²) in [6.07, 6.45) is 2.61. The molecule has 0 saturated carbocycles. The first-order valence-corrected chi connectivity index (χ1v) is 14.3. The molecule has 0 spiro atoms. The summed E-state index contributed by atoms with van der Waals surface area (Å²) in [7, 11) is 0. The molecule has 4 aromatic carbocycles. The average molecular weight is 564 g/mol. The van der Waals surface area contributed by atoms with Gasteiger partial charge in [-0.3, -0.25) is 4.90 Å². The van der Waals surface area contributed by atoms with Crippen LogP contribution in [-0.2, 0) is 45.4 Å². The first-order valence-electron chi connectivity index (χ1n) is 14.3. The van der Waals surface area contributed by atoms with Gasteiger partial charge in [-0.05, 0) is 22.3 Å². The molecule has 4 aromatic rings. The van der Waals surface area contributed by atoms with Crippen molar-refractivity contribution < 1.29 is 23.7 Å². The maximum absolute atomic E-state index is 13.6. The first-order chi connectivity index (χ1) is 20.8. The standard InChI is InChI=1S/C36H37NO5/c38-36(42-27-32-20-11-4-12-21-32)37-23-13-22-34(40-25-30-16-7-2-8-17-30)35(41-26-31-18-9-3-10-19-31)33(37)28-39-24-29-14-5-1-6-15-29/h1-22,33-35H,23-28H2/t33-,34-,35-/m1/s1. The molecule has 216 valence electrons. The van der Waals surface area contributed by atoms with Crippen molar-refractivity contribution in [3.05, 3.63) is 156 Å². The molecule has 1 amide bonds. The number of carbonyl (C=O) groups excluding carboxylic acids is 1. The van der Waals surface area contributed by atoms with Crippen LogP contribution in [0.15, 0.2) is 133 Å². The summed E-state index contributed by atoms with van der Waals surface area (Å²) < 4.78 is 25.1. The molecule has 0 aliphatic carbocycles. The number of carbonyl (C=O) groups is 1. The lowest BCUT2D eigenvalue weighted by Gasteiger charge is -2.36. The molecule has 1 heterocycles. The van der Waals surface area contributed by atoms with Crippen molar-refractivity contribution in [1.29, 1.82) is 0 Å². The Morgan fingerprint density at radius 3 is 1.64 bits per heavy atom. The fourth-order valence-electron chi connectivity index (χ4n) is 4.91. The van der Waals surface area contributed by atoms with Gasteiger partial charge in [0.05, 0.1) is 32.5 Å². The highest BCUT2D eigenvalue weighted by Gasteiger charge is 2.39. The molecular weight excluding hydrogens is 526 g/mol. The fourth-order valence-corrected chi connectivity index (χ4v) is 4.91. The number of hydrogen-bond acceptors (Lipinski definition) is 5. The summed E-state index contributed by atoms with van der Waals surface area (Å²) in [4.78, 5) is 15.3. The topological polar surface area (TPSA) is 57.2 Å². The number of ether oxygens (including phenoxy) is 4. The second kappa shape index (κ2) is 15.7.